The van der Waals surface area contributed by atoms with Gasteiger partial charge in [-0.25, -0.2) is 5.06 Å². The number of carbonyl (C=O) groups excluding carboxylic acids is 1. The van der Waals surface area contributed by atoms with Crippen LogP contribution in [0, 0.1) is 6.92 Å². The molecule has 0 atom stereocenters. The van der Waals surface area contributed by atoms with Crippen molar-refractivity contribution in [1.82, 2.24) is 9.96 Å². The summed E-state index contributed by atoms with van der Waals surface area (Å²) in [4.78, 5) is 23.5. The van der Waals surface area contributed by atoms with E-state index in [1.807, 2.05) is 50.2 Å². The third-order valence-electron chi connectivity index (χ3n) is 5.40. The largest absolute Gasteiger partial charge is 0.378 e. The molecule has 0 unspecified atom stereocenters. The molecular weight excluding hydrogens is 484 g/mol. The smallest absolute Gasteiger partial charge is 0.287 e. The monoisotopic (exact) mass is 514 g/mol. The van der Waals surface area contributed by atoms with E-state index in [0.29, 0.717) is 4.88 Å². The van der Waals surface area contributed by atoms with Crippen LogP contribution in [0.25, 0.3) is 21.6 Å². The molecule has 3 rings (SSSR count). The number of rotatable bonds is 8. The van der Waals surface area contributed by atoms with Crippen molar-refractivity contribution in [2.75, 3.05) is 47.2 Å². The Morgan fingerprint density at radius 1 is 0.943 bits per heavy atom. The highest BCUT2D eigenvalue weighted by Crippen LogP contribution is 2.43. The van der Waals surface area contributed by atoms with Crippen molar-refractivity contribution in [3.05, 3.63) is 59.0 Å². The number of benzene rings is 2. The van der Waals surface area contributed by atoms with Gasteiger partial charge in [-0.05, 0) is 47.9 Å². The number of amides is 1. The summed E-state index contributed by atoms with van der Waals surface area (Å²) in [6.07, 6.45) is 1.25. The number of anilines is 1. The number of hydrogen-bond donors (Lipinski definition) is 0. The van der Waals surface area contributed by atoms with E-state index in [2.05, 4.69) is 4.40 Å². The Kier molecular flexibility index (Phi) is 7.99. The van der Waals surface area contributed by atoms with Crippen LogP contribution in [0.2, 0.25) is 0 Å². The lowest BCUT2D eigenvalue weighted by Crippen LogP contribution is -2.25. The molecule has 0 saturated heterocycles. The lowest BCUT2D eigenvalue weighted by molar-refractivity contribution is -0.0753. The topological polar surface area (TPSA) is 82.5 Å². The van der Waals surface area contributed by atoms with Crippen LogP contribution in [0.3, 0.4) is 0 Å². The van der Waals surface area contributed by atoms with Crippen LogP contribution in [0.4, 0.5) is 5.69 Å². The fourth-order valence-corrected chi connectivity index (χ4v) is 5.65. The molecule has 0 saturated carbocycles. The molecule has 0 N–H and O–H groups in total. The van der Waals surface area contributed by atoms with Gasteiger partial charge in [-0.15, -0.1) is 15.7 Å². The summed E-state index contributed by atoms with van der Waals surface area (Å²) < 4.78 is 28.7. The molecule has 0 aliphatic heterocycles. The van der Waals surface area contributed by atoms with Crippen LogP contribution in [0.5, 0.6) is 0 Å². The minimum absolute atomic E-state index is 0.0774. The maximum Gasteiger partial charge on any atom is 0.287 e. The zero-order chi connectivity index (χ0) is 25.9. The van der Waals surface area contributed by atoms with E-state index in [4.69, 9.17) is 4.84 Å². The van der Waals surface area contributed by atoms with E-state index in [0.717, 1.165) is 32.8 Å². The Balaban J connectivity index is 2.12. The van der Waals surface area contributed by atoms with E-state index in [9.17, 15) is 13.2 Å². The van der Waals surface area contributed by atoms with Gasteiger partial charge in [-0.3, -0.25) is 9.63 Å². The van der Waals surface area contributed by atoms with Gasteiger partial charge in [0, 0.05) is 51.4 Å². The summed E-state index contributed by atoms with van der Waals surface area (Å²) in [6, 6.07) is 14.6. The minimum Gasteiger partial charge on any atom is -0.378 e. The fourth-order valence-electron chi connectivity index (χ4n) is 3.43. The highest BCUT2D eigenvalue weighted by Gasteiger charge is 2.25. The molecule has 0 bridgehead atoms. The van der Waals surface area contributed by atoms with Crippen LogP contribution in [0.15, 0.2) is 57.8 Å². The third-order valence-corrected chi connectivity index (χ3v) is 7.97. The summed E-state index contributed by atoms with van der Waals surface area (Å²) in [5.74, 6) is -0.279. The van der Waals surface area contributed by atoms with Crippen molar-refractivity contribution in [1.29, 1.82) is 0 Å². The molecule has 0 aliphatic carbocycles. The predicted octanol–water partition coefficient (Wildman–Crippen LogP) is 4.37. The van der Waals surface area contributed by atoms with Gasteiger partial charge < -0.3 is 9.80 Å². The number of sulfonamides is 1. The van der Waals surface area contributed by atoms with Crippen molar-refractivity contribution in [3.8, 4) is 21.6 Å². The van der Waals surface area contributed by atoms with E-state index in [1.54, 1.807) is 38.2 Å². The van der Waals surface area contributed by atoms with Crippen molar-refractivity contribution >= 4 is 39.3 Å². The van der Waals surface area contributed by atoms with E-state index < -0.39 is 10.0 Å². The molecule has 186 valence electrons. The van der Waals surface area contributed by atoms with Gasteiger partial charge in [0.2, 0.25) is 0 Å². The summed E-state index contributed by atoms with van der Waals surface area (Å²) in [5, 5.41) is 1.18. The van der Waals surface area contributed by atoms with Crippen molar-refractivity contribution < 1.29 is 18.0 Å². The molecule has 35 heavy (non-hydrogen) atoms. The molecule has 10 heteroatoms. The van der Waals surface area contributed by atoms with Crippen molar-refractivity contribution in [2.24, 2.45) is 4.40 Å². The third kappa shape index (κ3) is 5.72. The molecule has 8 nitrogen and oxygen atoms in total. The Morgan fingerprint density at radius 2 is 1.51 bits per heavy atom. The van der Waals surface area contributed by atoms with Crippen molar-refractivity contribution in [3.63, 3.8) is 0 Å². The van der Waals surface area contributed by atoms with E-state index in [-0.39, 0.29) is 10.8 Å². The summed E-state index contributed by atoms with van der Waals surface area (Å²) in [5.41, 5.74) is 4.49. The number of nitrogens with zero attached hydrogens (tertiary/aromatic N) is 4. The first-order chi connectivity index (χ1) is 16.5. The van der Waals surface area contributed by atoms with Gasteiger partial charge in [0.25, 0.3) is 15.9 Å². The minimum atomic E-state index is -3.83. The second-order valence-electron chi connectivity index (χ2n) is 8.37. The predicted molar refractivity (Wildman–Crippen MR) is 143 cm³/mol. The molecule has 1 amide bonds. The maximum absolute atomic E-state index is 13.2. The second kappa shape index (κ2) is 10.6. The normalized spacial score (nSPS) is 11.6. The van der Waals surface area contributed by atoms with Gasteiger partial charge in [0.1, 0.15) is 11.2 Å². The SMILES string of the molecule is CON(C)C(=O)c1sc(-c2ccc(N(C)C)cc2)c(C)c1-c1ccc(S(=O)(=O)N=CN(C)C)cc1. The number of carbonyl (C=O) groups is 1. The quantitative estimate of drug-likeness (QED) is 0.252. The molecule has 0 spiro atoms. The molecule has 0 radical (unpaired) electrons. The maximum atomic E-state index is 13.2. The summed E-state index contributed by atoms with van der Waals surface area (Å²) in [6.45, 7) is 1.97. The number of thiophene rings is 1. The standard InChI is InChI=1S/C25H30N4O4S2/c1-17-22(18-10-14-21(15-11-18)35(31,32)26-16-27(2)3)24(25(30)29(6)33-7)34-23(17)19-8-12-20(13-9-19)28(4)5/h8-16H,1-7H3. The van der Waals surface area contributed by atoms with Gasteiger partial charge in [-0.1, -0.05) is 24.3 Å². The molecule has 0 fully saturated rings. The van der Waals surface area contributed by atoms with Crippen LogP contribution >= 0.6 is 11.3 Å². The lowest BCUT2D eigenvalue weighted by atomic mass is 9.98. The lowest BCUT2D eigenvalue weighted by Gasteiger charge is -2.14. The first-order valence-electron chi connectivity index (χ1n) is 10.8. The van der Waals surface area contributed by atoms with Gasteiger partial charge in [0.15, 0.2) is 0 Å². The first kappa shape index (κ1) is 26.4. The summed E-state index contributed by atoms with van der Waals surface area (Å²) >= 11 is 1.39. The molecule has 1 aromatic heterocycles. The van der Waals surface area contributed by atoms with Crippen LogP contribution < -0.4 is 4.90 Å². The number of hydrogen-bond acceptors (Lipinski definition) is 6. The zero-order valence-electron chi connectivity index (χ0n) is 20.9. The average Bonchev–Trinajstić information content (AvgIpc) is 3.18. The molecule has 2 aromatic carbocycles. The molecule has 0 aliphatic rings. The molecule has 3 aromatic rings. The first-order valence-corrected chi connectivity index (χ1v) is 13.0. The Bertz CT molecular complexity index is 1330. The highest BCUT2D eigenvalue weighted by atomic mass is 32.2. The zero-order valence-corrected chi connectivity index (χ0v) is 22.6. The van der Waals surface area contributed by atoms with Crippen LogP contribution in [-0.2, 0) is 14.9 Å². The fraction of sp³-hybridized carbons (Fsp3) is 0.280. The number of hydroxylamine groups is 2. The van der Waals surface area contributed by atoms with Gasteiger partial charge in [0.05, 0.1) is 12.0 Å². The summed E-state index contributed by atoms with van der Waals surface area (Å²) in [7, 11) is 6.53. The van der Waals surface area contributed by atoms with Gasteiger partial charge >= 0.3 is 0 Å². The van der Waals surface area contributed by atoms with Crippen molar-refractivity contribution in [2.45, 2.75) is 11.8 Å². The van der Waals surface area contributed by atoms with Crippen LogP contribution in [0.1, 0.15) is 15.2 Å². The average molecular weight is 515 g/mol. The van der Waals surface area contributed by atoms with E-state index >= 15 is 0 Å². The Morgan fingerprint density at radius 3 is 2.03 bits per heavy atom. The Labute approximate surface area is 211 Å². The van der Waals surface area contributed by atoms with E-state index in [1.165, 1.54) is 42.0 Å². The molecule has 1 heterocycles. The van der Waals surface area contributed by atoms with Gasteiger partial charge in [-0.2, -0.15) is 8.42 Å². The second-order valence-corrected chi connectivity index (χ2v) is 11.0. The Hall–Kier alpha value is -3.21. The molecular formula is C25H30N4O4S2. The van der Waals surface area contributed by atoms with Crippen LogP contribution in [-0.4, -0.2) is 73.0 Å². The highest BCUT2D eigenvalue weighted by molar-refractivity contribution is 7.90.